The van der Waals surface area contributed by atoms with Crippen LogP contribution in [0.15, 0.2) is 41.5 Å². The Balaban J connectivity index is 2.09. The first kappa shape index (κ1) is 10.0. The first-order valence-electron chi connectivity index (χ1n) is 5.70. The number of nitrogens with zero attached hydrogens (tertiary/aromatic N) is 4. The van der Waals surface area contributed by atoms with Gasteiger partial charge in [-0.15, -0.1) is 0 Å². The second-order valence-corrected chi connectivity index (χ2v) is 4.10. The second kappa shape index (κ2) is 3.52. The highest BCUT2D eigenvalue weighted by atomic mass is 16.1. The van der Waals surface area contributed by atoms with E-state index in [1.54, 1.807) is 0 Å². The number of rotatable bonds is 1. The molecule has 0 saturated heterocycles. The third-order valence-electron chi connectivity index (χ3n) is 2.94. The first-order chi connectivity index (χ1) is 9.33. The van der Waals surface area contributed by atoms with Gasteiger partial charge in [-0.1, -0.05) is 30.3 Å². The van der Waals surface area contributed by atoms with E-state index in [0.29, 0.717) is 22.6 Å². The lowest BCUT2D eigenvalue weighted by Crippen LogP contribution is -2.17. The molecule has 19 heavy (non-hydrogen) atoms. The van der Waals surface area contributed by atoms with Crippen molar-refractivity contribution >= 4 is 16.8 Å². The van der Waals surface area contributed by atoms with Crippen LogP contribution in [-0.4, -0.2) is 29.5 Å². The molecule has 0 aliphatic heterocycles. The molecule has 4 aromatic rings. The fourth-order valence-corrected chi connectivity index (χ4v) is 2.07. The van der Waals surface area contributed by atoms with Crippen LogP contribution in [0.1, 0.15) is 0 Å². The van der Waals surface area contributed by atoms with Gasteiger partial charge in [0.05, 0.1) is 0 Å². The number of aromatic nitrogens is 6. The average molecular weight is 252 g/mol. The largest absolute Gasteiger partial charge is 0.349 e. The zero-order chi connectivity index (χ0) is 12.8. The summed E-state index contributed by atoms with van der Waals surface area (Å²) in [6.45, 7) is 0. The molecule has 4 rings (SSSR count). The Bertz CT molecular complexity index is 933. The van der Waals surface area contributed by atoms with E-state index in [-0.39, 0.29) is 5.69 Å². The molecule has 0 bridgehead atoms. The molecule has 92 valence electrons. The molecular formula is C12H8N6O. The number of hydrogen-bond acceptors (Lipinski definition) is 4. The Morgan fingerprint density at radius 2 is 1.95 bits per heavy atom. The maximum atomic E-state index is 11.8. The van der Waals surface area contributed by atoms with Crippen molar-refractivity contribution in [2.45, 2.75) is 0 Å². The molecular weight excluding hydrogens is 244 g/mol. The number of H-pyrrole nitrogens is 2. The molecule has 0 spiro atoms. The molecule has 0 unspecified atom stereocenters. The number of fused-ring (bicyclic) bond motifs is 3. The minimum absolute atomic E-state index is 0.355. The lowest BCUT2D eigenvalue weighted by atomic mass is 10.2. The Kier molecular flexibility index (Phi) is 1.85. The number of nitrogens with one attached hydrogen (secondary N) is 2. The predicted octanol–water partition coefficient (Wildman–Crippen LogP) is 0.961. The van der Waals surface area contributed by atoms with Crippen LogP contribution >= 0.6 is 0 Å². The van der Waals surface area contributed by atoms with Gasteiger partial charge in [0.25, 0.3) is 0 Å². The molecule has 0 fully saturated rings. The third kappa shape index (κ3) is 1.38. The van der Waals surface area contributed by atoms with Gasteiger partial charge in [-0.05, 0) is 0 Å². The summed E-state index contributed by atoms with van der Waals surface area (Å²) >= 11 is 0. The Labute approximate surface area is 106 Å². The van der Waals surface area contributed by atoms with Gasteiger partial charge < -0.3 is 4.98 Å². The van der Waals surface area contributed by atoms with Crippen LogP contribution in [-0.2, 0) is 0 Å². The molecule has 0 amide bonds. The van der Waals surface area contributed by atoms with Crippen LogP contribution in [0, 0.1) is 0 Å². The molecule has 3 aromatic heterocycles. The fourth-order valence-electron chi connectivity index (χ4n) is 2.07. The maximum Gasteiger partial charge on any atom is 0.349 e. The van der Waals surface area contributed by atoms with Crippen molar-refractivity contribution in [2.75, 3.05) is 0 Å². The fraction of sp³-hybridized carbons (Fsp3) is 0. The molecule has 0 atom stereocenters. The van der Waals surface area contributed by atoms with E-state index in [0.717, 1.165) is 5.56 Å². The van der Waals surface area contributed by atoms with E-state index in [2.05, 4.69) is 25.0 Å². The second-order valence-electron chi connectivity index (χ2n) is 4.10. The van der Waals surface area contributed by atoms with Crippen molar-refractivity contribution in [1.29, 1.82) is 0 Å². The van der Waals surface area contributed by atoms with Gasteiger partial charge in [0, 0.05) is 5.56 Å². The Morgan fingerprint density at radius 3 is 2.79 bits per heavy atom. The Morgan fingerprint density at radius 1 is 1.11 bits per heavy atom. The standard InChI is InChI=1S/C12H8N6O/c19-12-17-10-8(11-13-6-14-18(11)12)15-9(16-10)7-4-2-1-3-5-7/h1-6H,(H,15,16)(H,17,19). The maximum absolute atomic E-state index is 11.8. The SMILES string of the molecule is O=c1[nH]c2nc(-c3ccccc3)[nH]c2c2ncnn12. The van der Waals surface area contributed by atoms with Crippen LogP contribution in [0.3, 0.4) is 0 Å². The summed E-state index contributed by atoms with van der Waals surface area (Å²) in [7, 11) is 0. The summed E-state index contributed by atoms with van der Waals surface area (Å²) in [5, 5.41) is 3.86. The van der Waals surface area contributed by atoms with Gasteiger partial charge in [0.15, 0.2) is 11.3 Å². The van der Waals surface area contributed by atoms with Crippen LogP contribution < -0.4 is 5.69 Å². The quantitative estimate of drug-likeness (QED) is 0.527. The van der Waals surface area contributed by atoms with Crippen molar-refractivity contribution in [3.8, 4) is 11.4 Å². The molecule has 1 aromatic carbocycles. The summed E-state index contributed by atoms with van der Waals surface area (Å²) in [4.78, 5) is 26.0. The van der Waals surface area contributed by atoms with Crippen LogP contribution in [0.4, 0.5) is 0 Å². The lowest BCUT2D eigenvalue weighted by molar-refractivity contribution is 0.879. The zero-order valence-electron chi connectivity index (χ0n) is 9.66. The van der Waals surface area contributed by atoms with Crippen LogP contribution in [0.25, 0.3) is 28.2 Å². The van der Waals surface area contributed by atoms with E-state index in [1.165, 1.54) is 10.8 Å². The monoisotopic (exact) mass is 252 g/mol. The van der Waals surface area contributed by atoms with Gasteiger partial charge in [-0.3, -0.25) is 4.98 Å². The third-order valence-corrected chi connectivity index (χ3v) is 2.94. The first-order valence-corrected chi connectivity index (χ1v) is 5.70. The van der Waals surface area contributed by atoms with E-state index < -0.39 is 0 Å². The van der Waals surface area contributed by atoms with E-state index in [1.807, 2.05) is 30.3 Å². The lowest BCUT2D eigenvalue weighted by Gasteiger charge is -1.93. The predicted molar refractivity (Wildman–Crippen MR) is 68.7 cm³/mol. The number of aromatic amines is 2. The van der Waals surface area contributed by atoms with Crippen LogP contribution in [0.5, 0.6) is 0 Å². The number of hydrogen-bond donors (Lipinski definition) is 2. The number of benzene rings is 1. The van der Waals surface area contributed by atoms with Crippen molar-refractivity contribution in [3.05, 3.63) is 47.1 Å². The summed E-state index contributed by atoms with van der Waals surface area (Å²) in [6, 6.07) is 9.67. The van der Waals surface area contributed by atoms with Crippen molar-refractivity contribution in [2.24, 2.45) is 0 Å². The highest BCUT2D eigenvalue weighted by Gasteiger charge is 2.12. The van der Waals surface area contributed by atoms with Crippen molar-refractivity contribution in [3.63, 3.8) is 0 Å². The summed E-state index contributed by atoms with van der Waals surface area (Å²) in [6.07, 6.45) is 1.34. The molecule has 0 radical (unpaired) electrons. The van der Waals surface area contributed by atoms with Gasteiger partial charge in [0.2, 0.25) is 0 Å². The minimum atomic E-state index is -0.355. The van der Waals surface area contributed by atoms with E-state index >= 15 is 0 Å². The molecule has 2 N–H and O–H groups in total. The topological polar surface area (TPSA) is 91.7 Å². The van der Waals surface area contributed by atoms with Crippen LogP contribution in [0.2, 0.25) is 0 Å². The highest BCUT2D eigenvalue weighted by Crippen LogP contribution is 2.19. The van der Waals surface area contributed by atoms with Gasteiger partial charge in [-0.25, -0.2) is 14.8 Å². The Hall–Kier alpha value is -2.96. The van der Waals surface area contributed by atoms with E-state index in [4.69, 9.17) is 0 Å². The van der Waals surface area contributed by atoms with Crippen molar-refractivity contribution < 1.29 is 0 Å². The minimum Gasteiger partial charge on any atom is -0.334 e. The summed E-state index contributed by atoms with van der Waals surface area (Å²) in [5.41, 5.74) is 2.19. The van der Waals surface area contributed by atoms with Gasteiger partial charge in [-0.2, -0.15) is 9.61 Å². The highest BCUT2D eigenvalue weighted by molar-refractivity contribution is 5.87. The molecule has 3 heterocycles. The molecule has 7 nitrogen and oxygen atoms in total. The molecule has 0 saturated carbocycles. The zero-order valence-corrected chi connectivity index (χ0v) is 9.66. The van der Waals surface area contributed by atoms with Gasteiger partial charge in [0.1, 0.15) is 17.7 Å². The number of imidazole rings is 1. The average Bonchev–Trinajstić information content (AvgIpc) is 3.05. The smallest absolute Gasteiger partial charge is 0.334 e. The molecule has 7 heteroatoms. The molecule has 0 aliphatic carbocycles. The summed E-state index contributed by atoms with van der Waals surface area (Å²) < 4.78 is 1.20. The van der Waals surface area contributed by atoms with Crippen molar-refractivity contribution in [1.82, 2.24) is 29.5 Å². The molecule has 0 aliphatic rings. The summed E-state index contributed by atoms with van der Waals surface area (Å²) in [5.74, 6) is 0.683. The van der Waals surface area contributed by atoms with Gasteiger partial charge >= 0.3 is 5.69 Å². The van der Waals surface area contributed by atoms with E-state index in [9.17, 15) is 4.79 Å². The normalized spacial score (nSPS) is 11.4.